The average Bonchev–Trinajstić information content (AvgIpc) is 3.28. The normalized spacial score (nSPS) is 20.9. The number of Topliss-reactive ketones (excluding diaryl/α,β-unsaturated/α-hetero) is 1. The van der Waals surface area contributed by atoms with Crippen molar-refractivity contribution in [1.29, 1.82) is 0 Å². The van der Waals surface area contributed by atoms with Crippen LogP contribution < -0.4 is 10.1 Å². The number of thiophene rings is 1. The highest BCUT2D eigenvalue weighted by atomic mass is 32.1. The summed E-state index contributed by atoms with van der Waals surface area (Å²) >= 11 is 1.54. The Labute approximate surface area is 231 Å². The molecule has 5 heterocycles. The second-order valence-electron chi connectivity index (χ2n) is 11.3. The van der Waals surface area contributed by atoms with Crippen LogP contribution in [-0.2, 0) is 17.8 Å². The maximum absolute atomic E-state index is 14.9. The van der Waals surface area contributed by atoms with Gasteiger partial charge in [0.2, 0.25) is 0 Å². The van der Waals surface area contributed by atoms with Gasteiger partial charge in [0.05, 0.1) is 20.8 Å². The number of nitrogens with one attached hydrogen (secondary N) is 1. The molecule has 3 fully saturated rings. The Bertz CT molecular complexity index is 1510. The number of aromatic nitrogens is 2. The lowest BCUT2D eigenvalue weighted by Crippen LogP contribution is -2.25. The fraction of sp³-hybridized carbons (Fsp3) is 0.387. The van der Waals surface area contributed by atoms with Gasteiger partial charge >= 0.3 is 0 Å². The molecule has 3 aromatic heterocycles. The summed E-state index contributed by atoms with van der Waals surface area (Å²) in [5.41, 5.74) is 3.59. The molecule has 1 aromatic carbocycles. The fourth-order valence-electron chi connectivity index (χ4n) is 5.92. The van der Waals surface area contributed by atoms with Crippen molar-refractivity contribution in [3.8, 4) is 22.1 Å². The van der Waals surface area contributed by atoms with Crippen molar-refractivity contribution in [3.63, 3.8) is 0 Å². The molecule has 200 valence electrons. The number of ketones is 1. The van der Waals surface area contributed by atoms with E-state index in [1.807, 2.05) is 12.3 Å². The Morgan fingerprint density at radius 3 is 2.59 bits per heavy atom. The number of likely N-dealkylation sites (tertiary alicyclic amines) is 1. The zero-order valence-corrected chi connectivity index (χ0v) is 22.6. The number of carbonyl (C=O) groups excluding carboxylic acids is 1. The molecule has 2 aliphatic heterocycles. The van der Waals surface area contributed by atoms with E-state index in [0.29, 0.717) is 23.7 Å². The van der Waals surface area contributed by atoms with Crippen LogP contribution in [0.1, 0.15) is 30.4 Å². The van der Waals surface area contributed by atoms with E-state index < -0.39 is 5.82 Å². The Balaban J connectivity index is 1.05. The van der Waals surface area contributed by atoms with Crippen molar-refractivity contribution in [2.45, 2.75) is 32.2 Å². The summed E-state index contributed by atoms with van der Waals surface area (Å²) in [5.74, 6) is 2.50. The molecule has 2 atom stereocenters. The summed E-state index contributed by atoms with van der Waals surface area (Å²) in [6, 6.07) is 12.8. The molecule has 1 N–H and O–H groups in total. The van der Waals surface area contributed by atoms with E-state index in [4.69, 9.17) is 9.72 Å². The van der Waals surface area contributed by atoms with Crippen LogP contribution in [0.3, 0.4) is 0 Å². The highest BCUT2D eigenvalue weighted by Gasteiger charge is 2.35. The van der Waals surface area contributed by atoms with Crippen molar-refractivity contribution in [3.05, 3.63) is 71.8 Å². The highest BCUT2D eigenvalue weighted by molar-refractivity contribution is 7.22. The molecular formula is C31H31FN4O2S. The minimum Gasteiger partial charge on any atom is -0.453 e. The van der Waals surface area contributed by atoms with Gasteiger partial charge in [0.1, 0.15) is 11.5 Å². The molecule has 2 unspecified atom stereocenters. The zero-order chi connectivity index (χ0) is 26.3. The van der Waals surface area contributed by atoms with Crippen molar-refractivity contribution in [1.82, 2.24) is 20.2 Å². The molecule has 0 amide bonds. The molecule has 8 heteroatoms. The number of benzene rings is 1. The third-order valence-corrected chi connectivity index (χ3v) is 9.32. The lowest BCUT2D eigenvalue weighted by atomic mass is 10.0. The number of hydrogen-bond acceptors (Lipinski definition) is 7. The summed E-state index contributed by atoms with van der Waals surface area (Å²) in [6.45, 7) is 5.54. The Morgan fingerprint density at radius 1 is 1.03 bits per heavy atom. The number of halogens is 1. The van der Waals surface area contributed by atoms with Crippen LogP contribution >= 0.6 is 11.3 Å². The van der Waals surface area contributed by atoms with Gasteiger partial charge in [0, 0.05) is 50.9 Å². The van der Waals surface area contributed by atoms with Crippen LogP contribution in [0.25, 0.3) is 20.8 Å². The van der Waals surface area contributed by atoms with Gasteiger partial charge in [-0.15, -0.1) is 11.3 Å². The van der Waals surface area contributed by atoms with Crippen LogP contribution in [0.5, 0.6) is 11.5 Å². The van der Waals surface area contributed by atoms with Crippen LogP contribution in [0.4, 0.5) is 4.39 Å². The largest absolute Gasteiger partial charge is 0.453 e. The van der Waals surface area contributed by atoms with Crippen molar-refractivity contribution in [2.75, 3.05) is 26.2 Å². The summed E-state index contributed by atoms with van der Waals surface area (Å²) in [7, 11) is 0. The molecule has 2 saturated heterocycles. The fourth-order valence-corrected chi connectivity index (χ4v) is 6.97. The van der Waals surface area contributed by atoms with Gasteiger partial charge in [0.25, 0.3) is 0 Å². The molecular weight excluding hydrogens is 511 g/mol. The van der Waals surface area contributed by atoms with Gasteiger partial charge in [-0.25, -0.2) is 4.39 Å². The second kappa shape index (κ2) is 10.4. The molecule has 4 aromatic rings. The number of rotatable bonds is 9. The van der Waals surface area contributed by atoms with Gasteiger partial charge in [-0.2, -0.15) is 0 Å². The third-order valence-electron chi connectivity index (χ3n) is 8.16. The Hall–Kier alpha value is -3.20. The molecule has 3 aliphatic rings. The Kier molecular flexibility index (Phi) is 6.62. The minimum atomic E-state index is -0.469. The number of fused-ring (bicyclic) bond motifs is 2. The number of pyridine rings is 2. The Morgan fingerprint density at radius 2 is 1.85 bits per heavy atom. The molecule has 0 radical (unpaired) electrons. The maximum atomic E-state index is 14.9. The molecule has 0 spiro atoms. The number of carbonyl (C=O) groups is 1. The summed E-state index contributed by atoms with van der Waals surface area (Å²) in [5, 5.41) is 3.50. The molecule has 1 aliphatic carbocycles. The first-order chi connectivity index (χ1) is 19.1. The topological polar surface area (TPSA) is 67.3 Å². The van der Waals surface area contributed by atoms with Crippen LogP contribution in [0.15, 0.2) is 54.9 Å². The molecule has 0 bridgehead atoms. The SMILES string of the molecule is O=C(Cc1ccc(Oc2ccnc3cc(-c4ccc(CN5CC6CNCC6C5)cn4)sc23)c(F)c1)CC1CC1. The van der Waals surface area contributed by atoms with Crippen LogP contribution in [0.2, 0.25) is 0 Å². The first-order valence-electron chi connectivity index (χ1n) is 13.8. The van der Waals surface area contributed by atoms with Crippen molar-refractivity contribution < 1.29 is 13.9 Å². The van der Waals surface area contributed by atoms with Gasteiger partial charge in [-0.1, -0.05) is 12.1 Å². The minimum absolute atomic E-state index is 0.139. The van der Waals surface area contributed by atoms with E-state index in [1.54, 1.807) is 35.7 Å². The number of ether oxygens (including phenoxy) is 1. The zero-order valence-electron chi connectivity index (χ0n) is 21.7. The van der Waals surface area contributed by atoms with Crippen molar-refractivity contribution in [2.24, 2.45) is 17.8 Å². The molecule has 6 nitrogen and oxygen atoms in total. The first-order valence-corrected chi connectivity index (χ1v) is 14.6. The van der Waals surface area contributed by atoms with E-state index in [9.17, 15) is 9.18 Å². The van der Waals surface area contributed by atoms with E-state index in [0.717, 1.165) is 78.2 Å². The average molecular weight is 543 g/mol. The highest BCUT2D eigenvalue weighted by Crippen LogP contribution is 2.39. The van der Waals surface area contributed by atoms with E-state index in [1.165, 1.54) is 11.6 Å². The molecule has 7 rings (SSSR count). The summed E-state index contributed by atoms with van der Waals surface area (Å²) in [6.07, 6.45) is 6.79. The van der Waals surface area contributed by atoms with Gasteiger partial charge in [-0.05, 0) is 79.1 Å². The monoisotopic (exact) mass is 542 g/mol. The second-order valence-corrected chi connectivity index (χ2v) is 12.3. The summed E-state index contributed by atoms with van der Waals surface area (Å²) < 4.78 is 21.8. The quantitative estimate of drug-likeness (QED) is 0.286. The van der Waals surface area contributed by atoms with Gasteiger partial charge < -0.3 is 10.1 Å². The number of nitrogens with zero attached hydrogens (tertiary/aromatic N) is 3. The lowest BCUT2D eigenvalue weighted by Gasteiger charge is -2.16. The third kappa shape index (κ3) is 5.46. The number of hydrogen-bond donors (Lipinski definition) is 1. The van der Waals surface area contributed by atoms with Crippen LogP contribution in [0, 0.1) is 23.6 Å². The van der Waals surface area contributed by atoms with E-state index in [2.05, 4.69) is 27.3 Å². The van der Waals surface area contributed by atoms with E-state index >= 15 is 0 Å². The van der Waals surface area contributed by atoms with Crippen molar-refractivity contribution >= 4 is 27.3 Å². The predicted molar refractivity (Wildman–Crippen MR) is 151 cm³/mol. The summed E-state index contributed by atoms with van der Waals surface area (Å²) in [4.78, 5) is 25.0. The molecule has 39 heavy (non-hydrogen) atoms. The molecule has 1 saturated carbocycles. The maximum Gasteiger partial charge on any atom is 0.166 e. The van der Waals surface area contributed by atoms with Gasteiger partial charge in [0.15, 0.2) is 11.6 Å². The first kappa shape index (κ1) is 24.8. The standard InChI is InChI=1S/C31H31FN4O2S/c32-25-11-20(10-24(37)9-19-1-2-19)4-6-28(25)38-29-7-8-34-27-12-30(39-31(27)29)26-5-3-21(13-35-26)16-36-17-22-14-33-15-23(22)18-36/h3-8,11-13,19,22-23,33H,1-2,9-10,14-18H2. The van der Waals surface area contributed by atoms with E-state index in [-0.39, 0.29) is 18.0 Å². The smallest absolute Gasteiger partial charge is 0.166 e. The lowest BCUT2D eigenvalue weighted by molar-refractivity contribution is -0.118. The van der Waals surface area contributed by atoms with Gasteiger partial charge in [-0.3, -0.25) is 19.7 Å². The van der Waals surface area contributed by atoms with Crippen LogP contribution in [-0.4, -0.2) is 46.8 Å². The predicted octanol–water partition coefficient (Wildman–Crippen LogP) is 5.85.